The molecular weight excluding hydrogens is 350 g/mol. The summed E-state index contributed by atoms with van der Waals surface area (Å²) in [5, 5.41) is 0. The number of benzene rings is 1. The van der Waals surface area contributed by atoms with Crippen molar-refractivity contribution in [2.45, 2.75) is 33.6 Å². The standard InChI is InChI=1S/C23H29N3O2/c1-16-13-19-20(14-23(2,3)15-21(19)27)24-22(16)26-11-9-25(10-12-26)17-5-7-18(28-4)8-6-17/h5-8,13H,9-12,14-15H2,1-4H3. The average molecular weight is 380 g/mol. The number of carbonyl (C=O) groups excluding carboxylic acids is 1. The van der Waals surface area contributed by atoms with Crippen LogP contribution in [0.5, 0.6) is 5.75 Å². The quantitative estimate of drug-likeness (QED) is 0.810. The van der Waals surface area contributed by atoms with Gasteiger partial charge in [-0.25, -0.2) is 4.98 Å². The molecule has 1 aliphatic heterocycles. The first-order valence-electron chi connectivity index (χ1n) is 10.0. The summed E-state index contributed by atoms with van der Waals surface area (Å²) in [6.45, 7) is 10.1. The molecule has 1 aromatic heterocycles. The molecule has 0 spiro atoms. The normalized spacial score (nSPS) is 18.8. The highest BCUT2D eigenvalue weighted by atomic mass is 16.5. The fourth-order valence-electron chi connectivity index (χ4n) is 4.35. The van der Waals surface area contributed by atoms with Crippen molar-refractivity contribution in [2.75, 3.05) is 43.1 Å². The second-order valence-corrected chi connectivity index (χ2v) is 8.74. The topological polar surface area (TPSA) is 45.7 Å². The van der Waals surface area contributed by atoms with Crippen LogP contribution in [0.4, 0.5) is 11.5 Å². The van der Waals surface area contributed by atoms with E-state index < -0.39 is 0 Å². The van der Waals surface area contributed by atoms with Gasteiger partial charge in [0.25, 0.3) is 0 Å². The summed E-state index contributed by atoms with van der Waals surface area (Å²) in [7, 11) is 1.69. The van der Waals surface area contributed by atoms with Crippen LogP contribution in [0.2, 0.25) is 0 Å². The van der Waals surface area contributed by atoms with E-state index in [2.05, 4.69) is 48.8 Å². The Morgan fingerprint density at radius 1 is 1.00 bits per heavy atom. The maximum atomic E-state index is 12.5. The molecule has 1 aliphatic carbocycles. The van der Waals surface area contributed by atoms with Crippen LogP contribution in [0.25, 0.3) is 0 Å². The molecule has 1 aromatic carbocycles. The maximum absolute atomic E-state index is 12.5. The van der Waals surface area contributed by atoms with Crippen molar-refractivity contribution >= 4 is 17.3 Å². The van der Waals surface area contributed by atoms with Gasteiger partial charge in [0, 0.05) is 43.9 Å². The van der Waals surface area contributed by atoms with Gasteiger partial charge >= 0.3 is 0 Å². The number of carbonyl (C=O) groups is 1. The number of ether oxygens (including phenoxy) is 1. The van der Waals surface area contributed by atoms with E-state index in [4.69, 9.17) is 9.72 Å². The minimum atomic E-state index is -0.00330. The van der Waals surface area contributed by atoms with Gasteiger partial charge in [0.05, 0.1) is 12.8 Å². The van der Waals surface area contributed by atoms with Gasteiger partial charge in [-0.05, 0) is 54.7 Å². The van der Waals surface area contributed by atoms with Crippen LogP contribution in [0.3, 0.4) is 0 Å². The smallest absolute Gasteiger partial charge is 0.165 e. The zero-order valence-corrected chi connectivity index (χ0v) is 17.3. The van der Waals surface area contributed by atoms with Gasteiger partial charge in [0.15, 0.2) is 5.78 Å². The summed E-state index contributed by atoms with van der Waals surface area (Å²) in [5.41, 5.74) is 4.13. The van der Waals surface area contributed by atoms with E-state index in [1.165, 1.54) is 5.69 Å². The lowest BCUT2D eigenvalue weighted by molar-refractivity contribution is 0.0910. The van der Waals surface area contributed by atoms with Crippen molar-refractivity contribution in [3.05, 3.63) is 47.2 Å². The molecule has 1 fully saturated rings. The molecule has 1 saturated heterocycles. The SMILES string of the molecule is COc1ccc(N2CCN(c3nc4c(cc3C)C(=O)CC(C)(C)C4)CC2)cc1. The average Bonchev–Trinajstić information content (AvgIpc) is 2.68. The predicted molar refractivity (Wildman–Crippen MR) is 113 cm³/mol. The molecule has 0 N–H and O–H groups in total. The van der Waals surface area contributed by atoms with Gasteiger partial charge in [-0.15, -0.1) is 0 Å². The number of hydrogen-bond acceptors (Lipinski definition) is 5. The number of pyridine rings is 1. The number of ketones is 1. The molecule has 0 unspecified atom stereocenters. The molecular formula is C23H29N3O2. The summed E-state index contributed by atoms with van der Waals surface area (Å²) in [6, 6.07) is 10.3. The second-order valence-electron chi connectivity index (χ2n) is 8.74. The number of rotatable bonds is 3. The van der Waals surface area contributed by atoms with Crippen molar-refractivity contribution < 1.29 is 9.53 Å². The van der Waals surface area contributed by atoms with Crippen molar-refractivity contribution in [1.82, 2.24) is 4.98 Å². The molecule has 5 nitrogen and oxygen atoms in total. The highest BCUT2D eigenvalue weighted by Crippen LogP contribution is 2.36. The molecule has 0 amide bonds. The highest BCUT2D eigenvalue weighted by Gasteiger charge is 2.33. The fourth-order valence-corrected chi connectivity index (χ4v) is 4.35. The van der Waals surface area contributed by atoms with E-state index in [1.54, 1.807) is 7.11 Å². The molecule has 0 bridgehead atoms. The molecule has 2 heterocycles. The van der Waals surface area contributed by atoms with Crippen LogP contribution in [0.15, 0.2) is 30.3 Å². The number of hydrogen-bond donors (Lipinski definition) is 0. The number of aryl methyl sites for hydroxylation is 1. The lowest BCUT2D eigenvalue weighted by Gasteiger charge is -2.38. The Labute approximate surface area is 167 Å². The van der Waals surface area contributed by atoms with Crippen LogP contribution in [0.1, 0.15) is 41.9 Å². The fraction of sp³-hybridized carbons (Fsp3) is 0.478. The van der Waals surface area contributed by atoms with Crippen molar-refractivity contribution in [1.29, 1.82) is 0 Å². The number of aromatic nitrogens is 1. The Balaban J connectivity index is 1.51. The largest absolute Gasteiger partial charge is 0.497 e. The highest BCUT2D eigenvalue weighted by molar-refractivity contribution is 5.99. The van der Waals surface area contributed by atoms with E-state index in [-0.39, 0.29) is 11.2 Å². The molecule has 2 aromatic rings. The Hall–Kier alpha value is -2.56. The van der Waals surface area contributed by atoms with Crippen molar-refractivity contribution in [2.24, 2.45) is 5.41 Å². The lowest BCUT2D eigenvalue weighted by atomic mass is 9.75. The molecule has 0 atom stereocenters. The van der Waals surface area contributed by atoms with Crippen LogP contribution < -0.4 is 14.5 Å². The third-order valence-electron chi connectivity index (χ3n) is 5.87. The Kier molecular flexibility index (Phi) is 4.77. The summed E-state index contributed by atoms with van der Waals surface area (Å²) >= 11 is 0. The molecule has 28 heavy (non-hydrogen) atoms. The van der Waals surface area contributed by atoms with Gasteiger partial charge in [-0.2, -0.15) is 0 Å². The van der Waals surface area contributed by atoms with Crippen LogP contribution >= 0.6 is 0 Å². The van der Waals surface area contributed by atoms with Crippen LogP contribution in [-0.2, 0) is 6.42 Å². The number of piperazine rings is 1. The summed E-state index contributed by atoms with van der Waals surface area (Å²) in [4.78, 5) is 22.3. The number of anilines is 2. The Morgan fingerprint density at radius 2 is 1.64 bits per heavy atom. The first-order valence-corrected chi connectivity index (χ1v) is 10.0. The molecule has 0 radical (unpaired) electrons. The molecule has 5 heteroatoms. The molecule has 4 rings (SSSR count). The minimum absolute atomic E-state index is 0.00330. The van der Waals surface area contributed by atoms with E-state index in [0.29, 0.717) is 6.42 Å². The van der Waals surface area contributed by atoms with E-state index in [9.17, 15) is 4.79 Å². The first-order chi connectivity index (χ1) is 13.4. The van der Waals surface area contributed by atoms with Gasteiger partial charge < -0.3 is 14.5 Å². The van der Waals surface area contributed by atoms with E-state index in [1.807, 2.05) is 12.1 Å². The first kappa shape index (κ1) is 18.8. The van der Waals surface area contributed by atoms with Crippen LogP contribution in [-0.4, -0.2) is 44.1 Å². The van der Waals surface area contributed by atoms with Gasteiger partial charge in [0.2, 0.25) is 0 Å². The van der Waals surface area contributed by atoms with Crippen molar-refractivity contribution in [3.63, 3.8) is 0 Å². The monoisotopic (exact) mass is 379 g/mol. The maximum Gasteiger partial charge on any atom is 0.165 e. The van der Waals surface area contributed by atoms with Gasteiger partial charge in [-0.3, -0.25) is 4.79 Å². The predicted octanol–water partition coefficient (Wildman–Crippen LogP) is 3.88. The molecule has 0 saturated carbocycles. The molecule has 148 valence electrons. The summed E-state index contributed by atoms with van der Waals surface area (Å²) < 4.78 is 5.25. The number of Topliss-reactive ketones (excluding diaryl/α,β-unsaturated/α-hetero) is 1. The van der Waals surface area contributed by atoms with Crippen molar-refractivity contribution in [3.8, 4) is 5.75 Å². The summed E-state index contributed by atoms with van der Waals surface area (Å²) in [5.74, 6) is 2.16. The van der Waals surface area contributed by atoms with Gasteiger partial charge in [-0.1, -0.05) is 13.8 Å². The number of methoxy groups -OCH3 is 1. The Morgan fingerprint density at radius 3 is 2.29 bits per heavy atom. The third kappa shape index (κ3) is 3.58. The van der Waals surface area contributed by atoms with E-state index >= 15 is 0 Å². The lowest BCUT2D eigenvalue weighted by Crippen LogP contribution is -2.47. The Bertz CT molecular complexity index is 881. The summed E-state index contributed by atoms with van der Waals surface area (Å²) in [6.07, 6.45) is 1.48. The molecule has 2 aliphatic rings. The van der Waals surface area contributed by atoms with Gasteiger partial charge in [0.1, 0.15) is 11.6 Å². The minimum Gasteiger partial charge on any atom is -0.497 e. The number of nitrogens with zero attached hydrogens (tertiary/aromatic N) is 3. The van der Waals surface area contributed by atoms with E-state index in [0.717, 1.165) is 61.0 Å². The zero-order chi connectivity index (χ0) is 19.9. The van der Waals surface area contributed by atoms with Crippen LogP contribution in [0, 0.1) is 12.3 Å². The number of fused-ring (bicyclic) bond motifs is 1. The zero-order valence-electron chi connectivity index (χ0n) is 17.3. The third-order valence-corrected chi connectivity index (χ3v) is 5.87. The second kappa shape index (κ2) is 7.12.